The van der Waals surface area contributed by atoms with Crippen molar-refractivity contribution in [2.45, 2.75) is 32.7 Å². The third-order valence-corrected chi connectivity index (χ3v) is 2.35. The number of aryl methyl sites for hydroxylation is 1. The van der Waals surface area contributed by atoms with Crippen LogP contribution in [0.3, 0.4) is 0 Å². The van der Waals surface area contributed by atoms with Crippen molar-refractivity contribution in [1.29, 1.82) is 0 Å². The Morgan fingerprint density at radius 1 is 1.41 bits per heavy atom. The Hall–Kier alpha value is -1.84. The molecule has 0 aliphatic carbocycles. The molecule has 1 aromatic heterocycles. The Morgan fingerprint density at radius 3 is 2.88 bits per heavy atom. The second-order valence-electron chi connectivity index (χ2n) is 4.30. The van der Waals surface area contributed by atoms with E-state index >= 15 is 0 Å². The summed E-state index contributed by atoms with van der Waals surface area (Å²) >= 11 is 0. The van der Waals surface area contributed by atoms with Gasteiger partial charge in [0.1, 0.15) is 5.52 Å². The first-order valence-electron chi connectivity index (χ1n) is 5.79. The van der Waals surface area contributed by atoms with E-state index in [9.17, 15) is 4.79 Å². The summed E-state index contributed by atoms with van der Waals surface area (Å²) in [6, 6.07) is 7.77. The zero-order chi connectivity index (χ0) is 12.3. The zero-order valence-corrected chi connectivity index (χ0v) is 10.1. The topological polar surface area (TPSA) is 55.1 Å². The van der Waals surface area contributed by atoms with E-state index in [1.54, 1.807) is 0 Å². The smallest absolute Gasteiger partial charge is 0.220 e. The molecule has 4 heteroatoms. The second-order valence-corrected chi connectivity index (χ2v) is 4.30. The minimum absolute atomic E-state index is 0.0299. The summed E-state index contributed by atoms with van der Waals surface area (Å²) < 4.78 is 5.53. The van der Waals surface area contributed by atoms with E-state index in [1.807, 2.05) is 38.1 Å². The number of benzene rings is 1. The monoisotopic (exact) mass is 232 g/mol. The first-order chi connectivity index (χ1) is 8.15. The maximum absolute atomic E-state index is 11.5. The quantitative estimate of drug-likeness (QED) is 0.879. The normalized spacial score (nSPS) is 11.0. The third-order valence-electron chi connectivity index (χ3n) is 2.35. The highest BCUT2D eigenvalue weighted by Gasteiger charge is 2.08. The van der Waals surface area contributed by atoms with E-state index in [4.69, 9.17) is 4.42 Å². The molecule has 1 aromatic carbocycles. The lowest BCUT2D eigenvalue weighted by Crippen LogP contribution is -2.30. The van der Waals surface area contributed by atoms with Crippen LogP contribution in [-0.4, -0.2) is 16.9 Å². The van der Waals surface area contributed by atoms with Crippen molar-refractivity contribution in [1.82, 2.24) is 10.3 Å². The Bertz CT molecular complexity index is 484. The Labute approximate surface area is 100 Å². The van der Waals surface area contributed by atoms with Gasteiger partial charge in [0.2, 0.25) is 5.91 Å². The molecule has 0 unspecified atom stereocenters. The first kappa shape index (κ1) is 11.6. The van der Waals surface area contributed by atoms with Gasteiger partial charge in [-0.15, -0.1) is 0 Å². The minimum Gasteiger partial charge on any atom is -0.441 e. The van der Waals surface area contributed by atoms with E-state index in [-0.39, 0.29) is 11.9 Å². The number of carbonyl (C=O) groups is 1. The minimum atomic E-state index is 0.0299. The number of oxazole rings is 1. The SMILES string of the molecule is CC(C)NC(=O)CCc1nc2ccccc2o1. The molecule has 0 radical (unpaired) electrons. The number of para-hydroxylation sites is 2. The van der Waals surface area contributed by atoms with Crippen molar-refractivity contribution in [2.24, 2.45) is 0 Å². The van der Waals surface area contributed by atoms with Crippen LogP contribution in [0.4, 0.5) is 0 Å². The summed E-state index contributed by atoms with van der Waals surface area (Å²) in [6.07, 6.45) is 0.943. The molecule has 17 heavy (non-hydrogen) atoms. The van der Waals surface area contributed by atoms with Crippen LogP contribution in [0.2, 0.25) is 0 Å². The summed E-state index contributed by atoms with van der Waals surface area (Å²) in [4.78, 5) is 15.8. The fraction of sp³-hybridized carbons (Fsp3) is 0.385. The van der Waals surface area contributed by atoms with Crippen molar-refractivity contribution in [2.75, 3.05) is 0 Å². The number of rotatable bonds is 4. The number of aromatic nitrogens is 1. The van der Waals surface area contributed by atoms with Crippen LogP contribution in [0.15, 0.2) is 28.7 Å². The first-order valence-corrected chi connectivity index (χ1v) is 5.79. The van der Waals surface area contributed by atoms with Gasteiger partial charge in [-0.05, 0) is 26.0 Å². The largest absolute Gasteiger partial charge is 0.441 e. The van der Waals surface area contributed by atoms with Crippen molar-refractivity contribution >= 4 is 17.0 Å². The van der Waals surface area contributed by atoms with Crippen molar-refractivity contribution < 1.29 is 9.21 Å². The van der Waals surface area contributed by atoms with Crippen LogP contribution in [-0.2, 0) is 11.2 Å². The van der Waals surface area contributed by atoms with E-state index in [0.717, 1.165) is 11.1 Å². The number of hydrogen-bond donors (Lipinski definition) is 1. The Kier molecular flexibility index (Phi) is 3.42. The zero-order valence-electron chi connectivity index (χ0n) is 10.1. The molecular formula is C13H16N2O2. The fourth-order valence-corrected chi connectivity index (χ4v) is 1.64. The lowest BCUT2D eigenvalue weighted by atomic mass is 10.2. The molecule has 2 aromatic rings. The number of fused-ring (bicyclic) bond motifs is 1. The van der Waals surface area contributed by atoms with Crippen molar-refractivity contribution in [3.05, 3.63) is 30.2 Å². The van der Waals surface area contributed by atoms with Gasteiger partial charge in [0, 0.05) is 18.9 Å². The molecule has 0 aliphatic rings. The number of amides is 1. The average Bonchev–Trinajstić information content (AvgIpc) is 2.68. The number of nitrogens with one attached hydrogen (secondary N) is 1. The van der Waals surface area contributed by atoms with Gasteiger partial charge in [0.15, 0.2) is 11.5 Å². The molecule has 0 saturated carbocycles. The van der Waals surface area contributed by atoms with E-state index < -0.39 is 0 Å². The van der Waals surface area contributed by atoms with Crippen LogP contribution in [0.5, 0.6) is 0 Å². The van der Waals surface area contributed by atoms with Crippen LogP contribution >= 0.6 is 0 Å². The molecule has 2 rings (SSSR count). The molecule has 4 nitrogen and oxygen atoms in total. The van der Waals surface area contributed by atoms with Gasteiger partial charge in [-0.25, -0.2) is 4.98 Å². The van der Waals surface area contributed by atoms with E-state index in [2.05, 4.69) is 10.3 Å². The molecule has 0 saturated heterocycles. The van der Waals surface area contributed by atoms with Gasteiger partial charge in [0.05, 0.1) is 0 Å². The maximum Gasteiger partial charge on any atom is 0.220 e. The van der Waals surface area contributed by atoms with Gasteiger partial charge in [0.25, 0.3) is 0 Å². The molecule has 0 bridgehead atoms. The highest BCUT2D eigenvalue weighted by molar-refractivity contribution is 5.76. The number of hydrogen-bond acceptors (Lipinski definition) is 3. The van der Waals surface area contributed by atoms with Gasteiger partial charge in [-0.2, -0.15) is 0 Å². The standard InChI is InChI=1S/C13H16N2O2/c1-9(2)14-12(16)7-8-13-15-10-5-3-4-6-11(10)17-13/h3-6,9H,7-8H2,1-2H3,(H,14,16). The fourth-order valence-electron chi connectivity index (χ4n) is 1.64. The van der Waals surface area contributed by atoms with E-state index in [1.165, 1.54) is 0 Å². The van der Waals surface area contributed by atoms with Gasteiger partial charge >= 0.3 is 0 Å². The summed E-state index contributed by atoms with van der Waals surface area (Å²) in [5.74, 6) is 0.646. The van der Waals surface area contributed by atoms with Crippen LogP contribution < -0.4 is 5.32 Å². The number of nitrogens with zero attached hydrogens (tertiary/aromatic N) is 1. The molecular weight excluding hydrogens is 216 g/mol. The lowest BCUT2D eigenvalue weighted by molar-refractivity contribution is -0.121. The Morgan fingerprint density at radius 2 is 2.18 bits per heavy atom. The predicted molar refractivity (Wildman–Crippen MR) is 65.6 cm³/mol. The molecule has 0 aliphatic heterocycles. The molecule has 0 spiro atoms. The van der Waals surface area contributed by atoms with Crippen LogP contribution in [0.1, 0.15) is 26.2 Å². The van der Waals surface area contributed by atoms with Gasteiger partial charge < -0.3 is 9.73 Å². The summed E-state index contributed by atoms with van der Waals surface area (Å²) in [5, 5.41) is 2.84. The van der Waals surface area contributed by atoms with Crippen LogP contribution in [0, 0.1) is 0 Å². The maximum atomic E-state index is 11.5. The summed E-state index contributed by atoms with van der Waals surface area (Å²) in [6.45, 7) is 3.88. The molecule has 0 atom stereocenters. The molecule has 1 heterocycles. The molecule has 1 N–H and O–H groups in total. The van der Waals surface area contributed by atoms with Crippen molar-refractivity contribution in [3.8, 4) is 0 Å². The number of carbonyl (C=O) groups excluding carboxylic acids is 1. The highest BCUT2D eigenvalue weighted by atomic mass is 16.3. The predicted octanol–water partition coefficient (Wildman–Crippen LogP) is 2.29. The third kappa shape index (κ3) is 3.06. The second kappa shape index (κ2) is 4.99. The van der Waals surface area contributed by atoms with E-state index in [0.29, 0.717) is 18.7 Å². The van der Waals surface area contributed by atoms with Gasteiger partial charge in [-0.3, -0.25) is 4.79 Å². The molecule has 0 fully saturated rings. The highest BCUT2D eigenvalue weighted by Crippen LogP contribution is 2.15. The summed E-state index contributed by atoms with van der Waals surface area (Å²) in [5.41, 5.74) is 1.61. The summed E-state index contributed by atoms with van der Waals surface area (Å²) in [7, 11) is 0. The van der Waals surface area contributed by atoms with Crippen LogP contribution in [0.25, 0.3) is 11.1 Å². The lowest BCUT2D eigenvalue weighted by Gasteiger charge is -2.06. The van der Waals surface area contributed by atoms with Gasteiger partial charge in [-0.1, -0.05) is 12.1 Å². The molecule has 1 amide bonds. The molecule has 90 valence electrons. The van der Waals surface area contributed by atoms with Crippen molar-refractivity contribution in [3.63, 3.8) is 0 Å². The average molecular weight is 232 g/mol. The Balaban J connectivity index is 1.97.